The zero-order chi connectivity index (χ0) is 14.8. The monoisotopic (exact) mass is 282 g/mol. The summed E-state index contributed by atoms with van der Waals surface area (Å²) >= 11 is 0. The minimum atomic E-state index is -0.675. The molecule has 6 heteroatoms. The van der Waals surface area contributed by atoms with Gasteiger partial charge in [-0.15, -0.1) is 0 Å². The Hall–Kier alpha value is -1.79. The Kier molecular flexibility index (Phi) is 7.46. The number of hydrogen-bond donors (Lipinski definition) is 3. The second-order valence-corrected chi connectivity index (χ2v) is 4.22. The van der Waals surface area contributed by atoms with Gasteiger partial charge in [0.2, 0.25) is 5.91 Å². The standard InChI is InChI=1S/C14H22N2O4/c1-3-16-14(18)9-15-8-11(17)10-20-13-6-4-12(19-2)5-7-13/h4-7,11,15,17H,3,8-10H2,1-2H3,(H,16,18). The molecular weight excluding hydrogens is 260 g/mol. The van der Waals surface area contributed by atoms with Crippen LogP contribution in [0.5, 0.6) is 11.5 Å². The fourth-order valence-corrected chi connectivity index (χ4v) is 1.54. The van der Waals surface area contributed by atoms with Crippen molar-refractivity contribution in [2.24, 2.45) is 0 Å². The van der Waals surface area contributed by atoms with Gasteiger partial charge in [0.15, 0.2) is 0 Å². The van der Waals surface area contributed by atoms with E-state index in [1.54, 1.807) is 31.4 Å². The molecule has 0 radical (unpaired) electrons. The fourth-order valence-electron chi connectivity index (χ4n) is 1.54. The van der Waals surface area contributed by atoms with Crippen molar-refractivity contribution in [2.75, 3.05) is 33.4 Å². The predicted molar refractivity (Wildman–Crippen MR) is 76.0 cm³/mol. The third-order valence-electron chi connectivity index (χ3n) is 2.54. The Morgan fingerprint density at radius 1 is 1.30 bits per heavy atom. The number of aliphatic hydroxyl groups excluding tert-OH is 1. The smallest absolute Gasteiger partial charge is 0.233 e. The number of carbonyl (C=O) groups is 1. The van der Waals surface area contributed by atoms with Gasteiger partial charge in [-0.05, 0) is 31.2 Å². The number of ether oxygens (including phenoxy) is 2. The minimum absolute atomic E-state index is 0.0872. The van der Waals surface area contributed by atoms with E-state index in [0.717, 1.165) is 5.75 Å². The van der Waals surface area contributed by atoms with E-state index in [9.17, 15) is 9.90 Å². The second kappa shape index (κ2) is 9.17. The molecule has 1 unspecified atom stereocenters. The third-order valence-corrected chi connectivity index (χ3v) is 2.54. The Bertz CT molecular complexity index is 395. The third kappa shape index (κ3) is 6.40. The molecule has 20 heavy (non-hydrogen) atoms. The van der Waals surface area contributed by atoms with E-state index in [1.165, 1.54) is 0 Å². The maximum atomic E-state index is 11.2. The SMILES string of the molecule is CCNC(=O)CNCC(O)COc1ccc(OC)cc1. The number of rotatable bonds is 9. The molecular formula is C14H22N2O4. The van der Waals surface area contributed by atoms with E-state index >= 15 is 0 Å². The number of aliphatic hydroxyl groups is 1. The number of amides is 1. The summed E-state index contributed by atoms with van der Waals surface area (Å²) in [6, 6.07) is 7.12. The van der Waals surface area contributed by atoms with Crippen molar-refractivity contribution in [2.45, 2.75) is 13.0 Å². The zero-order valence-corrected chi connectivity index (χ0v) is 11.9. The molecule has 1 atom stereocenters. The number of benzene rings is 1. The lowest BCUT2D eigenvalue weighted by molar-refractivity contribution is -0.120. The number of likely N-dealkylation sites (N-methyl/N-ethyl adjacent to an activating group) is 1. The summed E-state index contributed by atoms with van der Waals surface area (Å²) in [5.41, 5.74) is 0. The van der Waals surface area contributed by atoms with E-state index in [0.29, 0.717) is 18.8 Å². The van der Waals surface area contributed by atoms with Crippen LogP contribution in [0.25, 0.3) is 0 Å². The van der Waals surface area contributed by atoms with Gasteiger partial charge in [0.25, 0.3) is 0 Å². The van der Waals surface area contributed by atoms with Gasteiger partial charge in [-0.2, -0.15) is 0 Å². The fraction of sp³-hybridized carbons (Fsp3) is 0.500. The summed E-state index contributed by atoms with van der Waals surface area (Å²) in [5, 5.41) is 15.2. The maximum Gasteiger partial charge on any atom is 0.233 e. The molecule has 1 amide bonds. The van der Waals surface area contributed by atoms with Gasteiger partial charge in [0.1, 0.15) is 24.2 Å². The number of hydrogen-bond acceptors (Lipinski definition) is 5. The van der Waals surface area contributed by atoms with Crippen LogP contribution >= 0.6 is 0 Å². The van der Waals surface area contributed by atoms with Crippen LogP contribution in [0.3, 0.4) is 0 Å². The van der Waals surface area contributed by atoms with Crippen LogP contribution in [0, 0.1) is 0 Å². The minimum Gasteiger partial charge on any atom is -0.497 e. The Morgan fingerprint density at radius 2 is 1.95 bits per heavy atom. The van der Waals surface area contributed by atoms with Crippen molar-refractivity contribution < 1.29 is 19.4 Å². The quantitative estimate of drug-likeness (QED) is 0.601. The normalized spacial score (nSPS) is 11.8. The number of nitrogens with one attached hydrogen (secondary N) is 2. The first kappa shape index (κ1) is 16.3. The second-order valence-electron chi connectivity index (χ2n) is 4.22. The van der Waals surface area contributed by atoms with Crippen LogP contribution < -0.4 is 20.1 Å². The van der Waals surface area contributed by atoms with E-state index in [-0.39, 0.29) is 19.1 Å². The van der Waals surface area contributed by atoms with Gasteiger partial charge >= 0.3 is 0 Å². The van der Waals surface area contributed by atoms with E-state index in [4.69, 9.17) is 9.47 Å². The predicted octanol–water partition coefficient (Wildman–Crippen LogP) is 0.161. The molecule has 1 rings (SSSR count). The molecule has 0 aliphatic rings. The van der Waals surface area contributed by atoms with Gasteiger partial charge < -0.3 is 25.2 Å². The highest BCUT2D eigenvalue weighted by Crippen LogP contribution is 2.16. The molecule has 1 aromatic rings. The van der Waals surface area contributed by atoms with Crippen molar-refractivity contribution >= 4 is 5.91 Å². The molecule has 0 saturated carbocycles. The van der Waals surface area contributed by atoms with Crippen molar-refractivity contribution in [3.8, 4) is 11.5 Å². The molecule has 0 aromatic heterocycles. The van der Waals surface area contributed by atoms with Crippen LogP contribution in [-0.2, 0) is 4.79 Å². The first-order valence-electron chi connectivity index (χ1n) is 6.58. The summed E-state index contributed by atoms with van der Waals surface area (Å²) in [7, 11) is 1.60. The highest BCUT2D eigenvalue weighted by Gasteiger charge is 2.06. The summed E-state index contributed by atoms with van der Waals surface area (Å²) in [6.07, 6.45) is -0.675. The van der Waals surface area contributed by atoms with Crippen molar-refractivity contribution in [1.82, 2.24) is 10.6 Å². The molecule has 112 valence electrons. The molecule has 6 nitrogen and oxygen atoms in total. The molecule has 0 fully saturated rings. The van der Waals surface area contributed by atoms with Crippen LogP contribution in [0.4, 0.5) is 0 Å². The van der Waals surface area contributed by atoms with Gasteiger partial charge in [0, 0.05) is 13.1 Å². The average molecular weight is 282 g/mol. The molecule has 0 bridgehead atoms. The Morgan fingerprint density at radius 3 is 2.55 bits per heavy atom. The van der Waals surface area contributed by atoms with Gasteiger partial charge in [-0.3, -0.25) is 4.79 Å². The Balaban J connectivity index is 2.18. The van der Waals surface area contributed by atoms with Gasteiger partial charge in [-0.25, -0.2) is 0 Å². The topological polar surface area (TPSA) is 79.8 Å². The van der Waals surface area contributed by atoms with Crippen LogP contribution in [0.15, 0.2) is 24.3 Å². The summed E-state index contributed by atoms with van der Waals surface area (Å²) in [6.45, 7) is 3.11. The highest BCUT2D eigenvalue weighted by molar-refractivity contribution is 5.77. The first-order valence-corrected chi connectivity index (χ1v) is 6.58. The lowest BCUT2D eigenvalue weighted by Crippen LogP contribution is -2.38. The highest BCUT2D eigenvalue weighted by atomic mass is 16.5. The van der Waals surface area contributed by atoms with E-state index in [2.05, 4.69) is 10.6 Å². The molecule has 0 saturated heterocycles. The van der Waals surface area contributed by atoms with Crippen molar-refractivity contribution in [3.05, 3.63) is 24.3 Å². The first-order chi connectivity index (χ1) is 9.65. The van der Waals surface area contributed by atoms with Crippen LogP contribution in [0.1, 0.15) is 6.92 Å². The number of carbonyl (C=O) groups excluding carboxylic acids is 1. The van der Waals surface area contributed by atoms with E-state index in [1.807, 2.05) is 6.92 Å². The molecule has 0 spiro atoms. The summed E-state index contributed by atoms with van der Waals surface area (Å²) < 4.78 is 10.5. The van der Waals surface area contributed by atoms with Crippen LogP contribution in [0.2, 0.25) is 0 Å². The maximum absolute atomic E-state index is 11.2. The largest absolute Gasteiger partial charge is 0.497 e. The lowest BCUT2D eigenvalue weighted by atomic mass is 10.3. The Labute approximate surface area is 119 Å². The van der Waals surface area contributed by atoms with Crippen LogP contribution in [-0.4, -0.2) is 50.5 Å². The van der Waals surface area contributed by atoms with Crippen molar-refractivity contribution in [1.29, 1.82) is 0 Å². The molecule has 0 aliphatic carbocycles. The molecule has 0 aliphatic heterocycles. The van der Waals surface area contributed by atoms with Gasteiger partial charge in [0.05, 0.1) is 13.7 Å². The lowest BCUT2D eigenvalue weighted by Gasteiger charge is -2.13. The number of methoxy groups -OCH3 is 1. The summed E-state index contributed by atoms with van der Waals surface area (Å²) in [5.74, 6) is 1.32. The zero-order valence-electron chi connectivity index (χ0n) is 11.9. The molecule has 0 heterocycles. The summed E-state index contributed by atoms with van der Waals surface area (Å²) in [4.78, 5) is 11.2. The average Bonchev–Trinajstić information content (AvgIpc) is 2.46. The molecule has 3 N–H and O–H groups in total. The van der Waals surface area contributed by atoms with Gasteiger partial charge in [-0.1, -0.05) is 0 Å². The molecule has 1 aromatic carbocycles. The van der Waals surface area contributed by atoms with Crippen molar-refractivity contribution in [3.63, 3.8) is 0 Å². The van der Waals surface area contributed by atoms with E-state index < -0.39 is 6.10 Å².